The lowest BCUT2D eigenvalue weighted by atomic mass is 9.98. The first kappa shape index (κ1) is 17.7. The van der Waals surface area contributed by atoms with Gasteiger partial charge >= 0.3 is 6.09 Å². The van der Waals surface area contributed by atoms with Crippen molar-refractivity contribution in [3.8, 4) is 0 Å². The van der Waals surface area contributed by atoms with Crippen LogP contribution >= 0.6 is 0 Å². The first-order valence-corrected chi connectivity index (χ1v) is 8.90. The van der Waals surface area contributed by atoms with E-state index < -0.39 is 21.9 Å². The molecular weight excluding hydrogens is 318 g/mol. The fourth-order valence-electron chi connectivity index (χ4n) is 2.40. The van der Waals surface area contributed by atoms with E-state index in [1.807, 2.05) is 18.2 Å². The largest absolute Gasteiger partial charge is 0.444 e. The fraction of sp³-hybridized carbons (Fsp3) is 0.533. The second kappa shape index (κ2) is 6.46. The predicted molar refractivity (Wildman–Crippen MR) is 86.7 cm³/mol. The van der Waals surface area contributed by atoms with Gasteiger partial charge in [-0.3, -0.25) is 0 Å². The molecule has 0 radical (unpaired) electrons. The first-order chi connectivity index (χ1) is 10.5. The maximum Gasteiger partial charge on any atom is 0.407 e. The minimum atomic E-state index is -3.68. The molecule has 8 heteroatoms. The highest BCUT2D eigenvalue weighted by Crippen LogP contribution is 2.21. The Morgan fingerprint density at radius 3 is 2.65 bits per heavy atom. The van der Waals surface area contributed by atoms with Crippen molar-refractivity contribution in [3.63, 3.8) is 0 Å². The van der Waals surface area contributed by atoms with E-state index in [2.05, 4.69) is 5.32 Å². The summed E-state index contributed by atoms with van der Waals surface area (Å²) in [5.74, 6) is 0. The van der Waals surface area contributed by atoms with Gasteiger partial charge in [0.05, 0.1) is 0 Å². The zero-order chi connectivity index (χ0) is 17.3. The number of ether oxygens (including phenoxy) is 1. The number of amides is 1. The lowest BCUT2D eigenvalue weighted by Gasteiger charge is -2.26. The minimum Gasteiger partial charge on any atom is -0.444 e. The Kier molecular flexibility index (Phi) is 4.98. The van der Waals surface area contributed by atoms with Crippen LogP contribution in [0.5, 0.6) is 0 Å². The van der Waals surface area contributed by atoms with Gasteiger partial charge in [0.15, 0.2) is 0 Å². The van der Waals surface area contributed by atoms with Gasteiger partial charge in [0.2, 0.25) is 0 Å². The third kappa shape index (κ3) is 5.19. The van der Waals surface area contributed by atoms with Gasteiger partial charge in [0.25, 0.3) is 10.2 Å². The van der Waals surface area contributed by atoms with Gasteiger partial charge in [-0.2, -0.15) is 12.7 Å². The molecular formula is C15H23N3O4S. The summed E-state index contributed by atoms with van der Waals surface area (Å²) < 4.78 is 29.3. The number of nitrogens with one attached hydrogen (secondary N) is 1. The molecule has 0 aliphatic carbocycles. The van der Waals surface area contributed by atoms with Crippen molar-refractivity contribution in [1.29, 1.82) is 0 Å². The molecule has 0 bridgehead atoms. The minimum absolute atomic E-state index is 0.258. The summed E-state index contributed by atoms with van der Waals surface area (Å²) in [4.78, 5) is 11.7. The van der Waals surface area contributed by atoms with Crippen molar-refractivity contribution < 1.29 is 17.9 Å². The Morgan fingerprint density at radius 1 is 1.35 bits per heavy atom. The quantitative estimate of drug-likeness (QED) is 0.864. The summed E-state index contributed by atoms with van der Waals surface area (Å²) in [6.07, 6.45) is 0.146. The van der Waals surface area contributed by atoms with Crippen LogP contribution < -0.4 is 10.5 Å². The van der Waals surface area contributed by atoms with E-state index in [9.17, 15) is 13.2 Å². The molecule has 1 aliphatic heterocycles. The van der Waals surface area contributed by atoms with Crippen LogP contribution in [0.15, 0.2) is 18.2 Å². The molecule has 0 saturated heterocycles. The third-order valence-corrected chi connectivity index (χ3v) is 4.47. The Hall–Kier alpha value is -1.64. The topological polar surface area (TPSA) is 102 Å². The van der Waals surface area contributed by atoms with Crippen LogP contribution in [0.1, 0.15) is 37.5 Å². The average molecular weight is 341 g/mol. The van der Waals surface area contributed by atoms with E-state index in [4.69, 9.17) is 9.88 Å². The maximum atomic E-state index is 11.7. The van der Waals surface area contributed by atoms with Gasteiger partial charge in [-0.1, -0.05) is 18.2 Å². The molecule has 1 aliphatic rings. The number of nitrogens with zero attached hydrogens (tertiary/aromatic N) is 1. The highest BCUT2D eigenvalue weighted by atomic mass is 32.2. The molecule has 0 atom stereocenters. The van der Waals surface area contributed by atoms with Gasteiger partial charge in [-0.05, 0) is 43.9 Å². The van der Waals surface area contributed by atoms with Crippen molar-refractivity contribution in [1.82, 2.24) is 9.62 Å². The first-order valence-electron chi connectivity index (χ1n) is 7.40. The molecule has 1 heterocycles. The molecule has 0 fully saturated rings. The third-order valence-electron chi connectivity index (χ3n) is 3.44. The van der Waals surface area contributed by atoms with Gasteiger partial charge < -0.3 is 10.1 Å². The molecule has 0 unspecified atom stereocenters. The van der Waals surface area contributed by atoms with E-state index in [1.54, 1.807) is 20.8 Å². The van der Waals surface area contributed by atoms with Crippen molar-refractivity contribution in [3.05, 3.63) is 34.9 Å². The fourth-order valence-corrected chi connectivity index (χ4v) is 3.06. The number of carbonyl (C=O) groups excluding carboxylic acids is 1. The van der Waals surface area contributed by atoms with Crippen LogP contribution in [0, 0.1) is 0 Å². The molecule has 1 amide bonds. The number of nitrogens with two attached hydrogens (primary N) is 1. The molecule has 23 heavy (non-hydrogen) atoms. The van der Waals surface area contributed by atoms with Crippen LogP contribution in [0.4, 0.5) is 4.79 Å². The zero-order valence-electron chi connectivity index (χ0n) is 13.6. The monoisotopic (exact) mass is 341 g/mol. The summed E-state index contributed by atoms with van der Waals surface area (Å²) in [6.45, 7) is 6.36. The number of hydrogen-bond acceptors (Lipinski definition) is 4. The van der Waals surface area contributed by atoms with Crippen molar-refractivity contribution in [2.24, 2.45) is 5.14 Å². The molecule has 128 valence electrons. The molecule has 1 aromatic carbocycles. The SMILES string of the molecule is CC(C)(C)OC(=O)NCc1ccc2c(c1)CN(S(N)(=O)=O)CC2. The van der Waals surface area contributed by atoms with Crippen molar-refractivity contribution >= 4 is 16.3 Å². The second-order valence-corrected chi connectivity index (χ2v) is 8.13. The number of hydrogen-bond donors (Lipinski definition) is 2. The van der Waals surface area contributed by atoms with Gasteiger partial charge in [-0.25, -0.2) is 9.93 Å². The normalized spacial score (nSPS) is 15.8. The maximum absolute atomic E-state index is 11.7. The van der Waals surface area contributed by atoms with Crippen molar-refractivity contribution in [2.75, 3.05) is 6.54 Å². The highest BCUT2D eigenvalue weighted by molar-refractivity contribution is 7.86. The molecule has 1 aromatic rings. The van der Waals surface area contributed by atoms with E-state index in [-0.39, 0.29) is 6.54 Å². The van der Waals surface area contributed by atoms with Gasteiger partial charge in [0.1, 0.15) is 5.60 Å². The predicted octanol–water partition coefficient (Wildman–Crippen LogP) is 1.27. The Balaban J connectivity index is 2.02. The molecule has 0 spiro atoms. The van der Waals surface area contributed by atoms with E-state index in [0.717, 1.165) is 16.7 Å². The summed E-state index contributed by atoms with van der Waals surface area (Å²) in [6, 6.07) is 5.77. The summed E-state index contributed by atoms with van der Waals surface area (Å²) in [7, 11) is -3.68. The molecule has 2 rings (SSSR count). The standard InChI is InChI=1S/C15H23N3O4S/c1-15(2,3)22-14(19)17-9-11-4-5-12-6-7-18(23(16,20)21)10-13(12)8-11/h4-5,8H,6-7,9-10H2,1-3H3,(H,17,19)(H2,16,20,21). The Morgan fingerprint density at radius 2 is 2.04 bits per heavy atom. The van der Waals surface area contributed by atoms with E-state index >= 15 is 0 Å². The van der Waals surface area contributed by atoms with E-state index in [0.29, 0.717) is 19.5 Å². The lowest BCUT2D eigenvalue weighted by Crippen LogP contribution is -2.40. The average Bonchev–Trinajstić information content (AvgIpc) is 2.41. The Labute approximate surface area is 137 Å². The van der Waals surface area contributed by atoms with Crippen molar-refractivity contribution in [2.45, 2.75) is 45.9 Å². The van der Waals surface area contributed by atoms with Gasteiger partial charge in [-0.15, -0.1) is 0 Å². The molecule has 7 nitrogen and oxygen atoms in total. The molecule has 0 saturated carbocycles. The zero-order valence-corrected chi connectivity index (χ0v) is 14.4. The van der Waals surface area contributed by atoms with Crippen LogP contribution in [-0.2, 0) is 34.5 Å². The number of benzene rings is 1. The number of rotatable bonds is 3. The number of carbonyl (C=O) groups is 1. The highest BCUT2D eigenvalue weighted by Gasteiger charge is 2.23. The second-order valence-electron chi connectivity index (χ2n) is 6.59. The van der Waals surface area contributed by atoms with Crippen LogP contribution in [0.2, 0.25) is 0 Å². The number of alkyl carbamates (subject to hydrolysis) is 1. The van der Waals surface area contributed by atoms with Crippen LogP contribution in [-0.4, -0.2) is 31.0 Å². The summed E-state index contributed by atoms with van der Waals surface area (Å²) in [5.41, 5.74) is 2.35. The molecule has 0 aromatic heterocycles. The van der Waals surface area contributed by atoms with E-state index in [1.165, 1.54) is 4.31 Å². The van der Waals surface area contributed by atoms with Crippen LogP contribution in [0.25, 0.3) is 0 Å². The molecule has 3 N–H and O–H groups in total. The lowest BCUT2D eigenvalue weighted by molar-refractivity contribution is 0.0523. The van der Waals surface area contributed by atoms with Gasteiger partial charge in [0, 0.05) is 19.6 Å². The Bertz CT molecular complexity index is 695. The van der Waals surface area contributed by atoms with Crippen LogP contribution in [0.3, 0.4) is 0 Å². The summed E-state index contributed by atoms with van der Waals surface area (Å²) in [5, 5.41) is 7.87. The number of fused-ring (bicyclic) bond motifs is 1. The smallest absolute Gasteiger partial charge is 0.407 e. The summed E-state index contributed by atoms with van der Waals surface area (Å²) >= 11 is 0.